The highest BCUT2D eigenvalue weighted by Crippen LogP contribution is 2.36. The van der Waals surface area contributed by atoms with E-state index in [1.54, 1.807) is 23.3 Å². The Morgan fingerprint density at radius 2 is 1.58 bits per heavy atom. The Labute approximate surface area is 185 Å². The number of benzene rings is 2. The molecule has 7 heteroatoms. The van der Waals surface area contributed by atoms with Crippen LogP contribution >= 0.6 is 11.3 Å². The van der Waals surface area contributed by atoms with Gasteiger partial charge in [-0.1, -0.05) is 60.7 Å². The van der Waals surface area contributed by atoms with E-state index < -0.39 is 17.5 Å². The maximum absolute atomic E-state index is 13.6. The Hall–Kier alpha value is -3.45. The molecule has 0 radical (unpaired) electrons. The molecule has 158 valence electrons. The molecule has 0 unspecified atom stereocenters. The normalized spacial score (nSPS) is 15.1. The summed E-state index contributed by atoms with van der Waals surface area (Å²) < 4.78 is 0. The Bertz CT molecular complexity index is 1070. The molecule has 6 nitrogen and oxygen atoms in total. The summed E-state index contributed by atoms with van der Waals surface area (Å²) in [7, 11) is 1.68. The minimum Gasteiger partial charge on any atom is -0.339 e. The van der Waals surface area contributed by atoms with Gasteiger partial charge in [0.05, 0.1) is 6.54 Å². The summed E-state index contributed by atoms with van der Waals surface area (Å²) in [4.78, 5) is 43.1. The third kappa shape index (κ3) is 3.72. The number of amides is 4. The second-order valence-corrected chi connectivity index (χ2v) is 8.58. The predicted molar refractivity (Wildman–Crippen MR) is 119 cm³/mol. The zero-order valence-electron chi connectivity index (χ0n) is 17.4. The smallest absolute Gasteiger partial charge is 0.326 e. The minimum atomic E-state index is -1.36. The number of nitrogens with zero attached hydrogens (tertiary/aromatic N) is 2. The third-order valence-corrected chi connectivity index (χ3v) is 6.59. The zero-order valence-corrected chi connectivity index (χ0v) is 18.2. The van der Waals surface area contributed by atoms with E-state index in [4.69, 9.17) is 0 Å². The van der Waals surface area contributed by atoms with Crippen LogP contribution < -0.4 is 5.32 Å². The highest BCUT2D eigenvalue weighted by Gasteiger charge is 2.54. The molecular formula is C24H23N3O3S. The molecule has 1 fully saturated rings. The van der Waals surface area contributed by atoms with Gasteiger partial charge in [0, 0.05) is 11.9 Å². The fourth-order valence-corrected chi connectivity index (χ4v) is 4.74. The number of aryl methyl sites for hydroxylation is 1. The van der Waals surface area contributed by atoms with E-state index in [2.05, 4.69) is 5.32 Å². The standard InChI is InChI=1S/C24H23N3O3S/c1-17-13-14-31-20(17)15-26(2)21(28)16-27-22(29)24(25-23(27)30,18-9-5-3-6-10-18)19-11-7-4-8-12-19/h3-14H,15-16H2,1-2H3,(H,25,30). The number of carbonyl (C=O) groups excluding carboxylic acids is 3. The van der Waals surface area contributed by atoms with Crippen molar-refractivity contribution in [2.45, 2.75) is 19.0 Å². The first-order valence-corrected chi connectivity index (χ1v) is 10.8. The number of rotatable bonds is 6. The summed E-state index contributed by atoms with van der Waals surface area (Å²) in [6.07, 6.45) is 0. The van der Waals surface area contributed by atoms with Crippen LogP contribution in [0.3, 0.4) is 0 Å². The van der Waals surface area contributed by atoms with Crippen LogP contribution in [0.4, 0.5) is 4.79 Å². The molecule has 4 amide bonds. The van der Waals surface area contributed by atoms with E-state index in [0.29, 0.717) is 17.7 Å². The molecule has 0 atom stereocenters. The summed E-state index contributed by atoms with van der Waals surface area (Å²) in [5.41, 5.74) is 1.06. The number of carbonyl (C=O) groups is 3. The first-order chi connectivity index (χ1) is 14.9. The summed E-state index contributed by atoms with van der Waals surface area (Å²) in [5.74, 6) is -0.753. The van der Waals surface area contributed by atoms with Crippen molar-refractivity contribution >= 4 is 29.2 Å². The second-order valence-electron chi connectivity index (χ2n) is 7.58. The van der Waals surface area contributed by atoms with Gasteiger partial charge in [0.2, 0.25) is 5.91 Å². The first kappa shape index (κ1) is 20.8. The van der Waals surface area contributed by atoms with Crippen LogP contribution in [0.2, 0.25) is 0 Å². The number of likely N-dealkylation sites (N-methyl/N-ethyl adjacent to an activating group) is 1. The molecule has 1 aromatic heterocycles. The van der Waals surface area contributed by atoms with Crippen LogP contribution in [0.25, 0.3) is 0 Å². The van der Waals surface area contributed by atoms with Crippen molar-refractivity contribution in [3.8, 4) is 0 Å². The molecule has 1 aliphatic rings. The van der Waals surface area contributed by atoms with Crippen LogP contribution in [0, 0.1) is 6.92 Å². The number of thiophene rings is 1. The monoisotopic (exact) mass is 433 g/mol. The molecule has 2 heterocycles. The van der Waals surface area contributed by atoms with Gasteiger partial charge in [-0.05, 0) is 35.1 Å². The van der Waals surface area contributed by atoms with E-state index in [9.17, 15) is 14.4 Å². The lowest BCUT2D eigenvalue weighted by atomic mass is 9.82. The molecule has 0 saturated carbocycles. The van der Waals surface area contributed by atoms with Gasteiger partial charge in [-0.15, -0.1) is 11.3 Å². The lowest BCUT2D eigenvalue weighted by molar-refractivity contribution is -0.138. The second kappa shape index (κ2) is 8.35. The van der Waals surface area contributed by atoms with Crippen molar-refractivity contribution in [2.24, 2.45) is 0 Å². The van der Waals surface area contributed by atoms with Gasteiger partial charge < -0.3 is 10.2 Å². The molecule has 3 aromatic rings. The largest absolute Gasteiger partial charge is 0.339 e. The maximum atomic E-state index is 13.6. The van der Waals surface area contributed by atoms with Gasteiger partial charge in [0.15, 0.2) is 5.54 Å². The van der Waals surface area contributed by atoms with Crippen LogP contribution in [0.5, 0.6) is 0 Å². The summed E-state index contributed by atoms with van der Waals surface area (Å²) in [5, 5.41) is 4.85. The summed E-state index contributed by atoms with van der Waals surface area (Å²) in [6, 6.07) is 19.7. The van der Waals surface area contributed by atoms with E-state index in [-0.39, 0.29) is 12.5 Å². The fraction of sp³-hybridized carbons (Fsp3) is 0.208. The van der Waals surface area contributed by atoms with Crippen molar-refractivity contribution in [3.05, 3.63) is 93.7 Å². The molecule has 0 bridgehead atoms. The average Bonchev–Trinajstić information content (AvgIpc) is 3.30. The predicted octanol–water partition coefficient (Wildman–Crippen LogP) is 3.51. The maximum Gasteiger partial charge on any atom is 0.326 e. The van der Waals surface area contributed by atoms with Crippen LogP contribution in [-0.4, -0.2) is 41.2 Å². The number of imide groups is 1. The Morgan fingerprint density at radius 1 is 1.00 bits per heavy atom. The molecule has 1 aliphatic heterocycles. The van der Waals surface area contributed by atoms with Crippen LogP contribution in [0.1, 0.15) is 21.6 Å². The third-order valence-electron chi connectivity index (χ3n) is 5.59. The quantitative estimate of drug-likeness (QED) is 0.605. The van der Waals surface area contributed by atoms with Crippen molar-refractivity contribution in [2.75, 3.05) is 13.6 Å². The first-order valence-electron chi connectivity index (χ1n) is 9.95. The molecular weight excluding hydrogens is 410 g/mol. The topological polar surface area (TPSA) is 69.7 Å². The lowest BCUT2D eigenvalue weighted by Crippen LogP contribution is -2.46. The van der Waals surface area contributed by atoms with Crippen molar-refractivity contribution in [1.29, 1.82) is 0 Å². The average molecular weight is 434 g/mol. The zero-order chi connectivity index (χ0) is 22.0. The van der Waals surface area contributed by atoms with Crippen molar-refractivity contribution in [1.82, 2.24) is 15.1 Å². The summed E-state index contributed by atoms with van der Waals surface area (Å²) in [6.45, 7) is 2.12. The van der Waals surface area contributed by atoms with Crippen LogP contribution in [0.15, 0.2) is 72.1 Å². The minimum absolute atomic E-state index is 0.298. The highest BCUT2D eigenvalue weighted by atomic mass is 32.1. The van der Waals surface area contributed by atoms with Crippen LogP contribution in [-0.2, 0) is 21.7 Å². The van der Waals surface area contributed by atoms with E-state index in [1.807, 2.05) is 79.0 Å². The fourth-order valence-electron chi connectivity index (χ4n) is 3.78. The molecule has 1 N–H and O–H groups in total. The van der Waals surface area contributed by atoms with Gasteiger partial charge in [0.25, 0.3) is 5.91 Å². The Kier molecular flexibility index (Phi) is 5.61. The summed E-state index contributed by atoms with van der Waals surface area (Å²) >= 11 is 1.58. The Morgan fingerprint density at radius 3 is 2.10 bits per heavy atom. The molecule has 31 heavy (non-hydrogen) atoms. The van der Waals surface area contributed by atoms with Gasteiger partial charge in [-0.2, -0.15) is 0 Å². The SMILES string of the molecule is Cc1ccsc1CN(C)C(=O)CN1C(=O)NC(c2ccccc2)(c2ccccc2)C1=O. The van der Waals surface area contributed by atoms with Gasteiger partial charge in [-0.25, -0.2) is 4.79 Å². The molecule has 0 spiro atoms. The molecule has 2 aromatic carbocycles. The number of hydrogen-bond acceptors (Lipinski definition) is 4. The lowest BCUT2D eigenvalue weighted by Gasteiger charge is -2.28. The number of hydrogen-bond donors (Lipinski definition) is 1. The molecule has 1 saturated heterocycles. The molecule has 0 aliphatic carbocycles. The van der Waals surface area contributed by atoms with Crippen molar-refractivity contribution < 1.29 is 14.4 Å². The van der Waals surface area contributed by atoms with Gasteiger partial charge in [-0.3, -0.25) is 14.5 Å². The highest BCUT2D eigenvalue weighted by molar-refractivity contribution is 7.10. The van der Waals surface area contributed by atoms with E-state index in [1.165, 1.54) is 0 Å². The number of urea groups is 1. The van der Waals surface area contributed by atoms with E-state index >= 15 is 0 Å². The van der Waals surface area contributed by atoms with Gasteiger partial charge >= 0.3 is 6.03 Å². The Balaban J connectivity index is 1.62. The molecule has 4 rings (SSSR count). The van der Waals surface area contributed by atoms with Gasteiger partial charge in [0.1, 0.15) is 6.54 Å². The van der Waals surface area contributed by atoms with Crippen molar-refractivity contribution in [3.63, 3.8) is 0 Å². The van der Waals surface area contributed by atoms with E-state index in [0.717, 1.165) is 15.3 Å². The number of nitrogens with one attached hydrogen (secondary N) is 1.